The zero-order valence-corrected chi connectivity index (χ0v) is 18.0. The van der Waals surface area contributed by atoms with Crippen molar-refractivity contribution in [2.75, 3.05) is 5.32 Å². The molecule has 3 aromatic rings. The van der Waals surface area contributed by atoms with Crippen molar-refractivity contribution >= 4 is 44.7 Å². The van der Waals surface area contributed by atoms with Gasteiger partial charge in [-0.1, -0.05) is 27.5 Å². The third-order valence-electron chi connectivity index (χ3n) is 4.21. The number of carbonyl (C=O) groups excluding carboxylic acids is 1. The van der Waals surface area contributed by atoms with Crippen LogP contribution in [0.1, 0.15) is 15.9 Å². The van der Waals surface area contributed by atoms with Crippen LogP contribution >= 0.6 is 27.5 Å². The Kier molecular flexibility index (Phi) is 6.63. The number of nitrogens with zero attached hydrogens (tertiary/aromatic N) is 1. The summed E-state index contributed by atoms with van der Waals surface area (Å²) in [5.41, 5.74) is -0.589. The highest BCUT2D eigenvalue weighted by Crippen LogP contribution is 2.31. The number of carbonyl (C=O) groups is 1. The van der Waals surface area contributed by atoms with E-state index in [1.54, 1.807) is 31.2 Å². The van der Waals surface area contributed by atoms with Crippen LogP contribution in [0.3, 0.4) is 0 Å². The molecule has 0 amide bonds. The molecule has 0 fully saturated rings. The van der Waals surface area contributed by atoms with Gasteiger partial charge in [0.15, 0.2) is 18.1 Å². The highest BCUT2D eigenvalue weighted by molar-refractivity contribution is 9.10. The van der Waals surface area contributed by atoms with Gasteiger partial charge in [0, 0.05) is 32.9 Å². The van der Waals surface area contributed by atoms with Gasteiger partial charge in [-0.15, -0.1) is 0 Å². The highest BCUT2D eigenvalue weighted by atomic mass is 79.9. The first-order chi connectivity index (χ1) is 14.1. The van der Waals surface area contributed by atoms with Gasteiger partial charge < -0.3 is 5.32 Å². The number of nitrogens with one attached hydrogen (secondary N) is 1. The molecule has 154 valence electrons. The lowest BCUT2D eigenvalue weighted by atomic mass is 10.1. The summed E-state index contributed by atoms with van der Waals surface area (Å²) >= 11 is 9.09. The van der Waals surface area contributed by atoms with Crippen molar-refractivity contribution in [1.29, 1.82) is 0 Å². The number of allylic oxidation sites excluding steroid dienone is 2. The van der Waals surface area contributed by atoms with Crippen LogP contribution in [0.4, 0.5) is 18.9 Å². The molecule has 1 aromatic heterocycles. The van der Waals surface area contributed by atoms with E-state index in [2.05, 4.69) is 21.2 Å². The number of halogens is 5. The summed E-state index contributed by atoms with van der Waals surface area (Å²) in [4.78, 5) is 13.2. The number of Topliss-reactive ketones (excluding diaryl/α,β-unsaturated/α-hetero) is 1. The van der Waals surface area contributed by atoms with E-state index >= 15 is 0 Å². The van der Waals surface area contributed by atoms with Gasteiger partial charge in [-0.3, -0.25) is 4.79 Å². The Labute approximate surface area is 184 Å². The van der Waals surface area contributed by atoms with E-state index in [0.29, 0.717) is 9.50 Å². The fourth-order valence-electron chi connectivity index (χ4n) is 2.69. The van der Waals surface area contributed by atoms with Crippen LogP contribution in [0.15, 0.2) is 83.2 Å². The first kappa shape index (κ1) is 22.1. The lowest BCUT2D eigenvalue weighted by molar-refractivity contribution is -0.578. The fourth-order valence-corrected chi connectivity index (χ4v) is 3.08. The maximum Gasteiger partial charge on any atom is 0.438 e. The summed E-state index contributed by atoms with van der Waals surface area (Å²) in [6.07, 6.45) is -1.97. The molecule has 0 radical (unpaired) electrons. The Morgan fingerprint density at radius 2 is 1.53 bits per heavy atom. The molecule has 0 saturated heterocycles. The second-order valence-electron chi connectivity index (χ2n) is 6.47. The third-order valence-corrected chi connectivity index (χ3v) is 4.99. The number of alkyl halides is 3. The van der Waals surface area contributed by atoms with Crippen LogP contribution in [0.2, 0.25) is 5.02 Å². The second kappa shape index (κ2) is 9.02. The SMILES string of the molecule is Cc1cc[n+](C(C(=O)c2ccc(Br)cc2)=C(Nc2ccc(Cl)cc2)C(F)(F)F)cc1. The van der Waals surface area contributed by atoms with E-state index in [1.165, 1.54) is 53.4 Å². The minimum absolute atomic E-state index is 0.126. The first-order valence-corrected chi connectivity index (χ1v) is 9.95. The number of benzene rings is 2. The molecular formula is C22H16BrClF3N2O+. The summed E-state index contributed by atoms with van der Waals surface area (Å²) in [6, 6.07) is 15.2. The molecule has 0 aliphatic carbocycles. The monoisotopic (exact) mass is 495 g/mol. The molecule has 8 heteroatoms. The molecular weight excluding hydrogens is 481 g/mol. The molecule has 2 aromatic carbocycles. The van der Waals surface area contributed by atoms with Crippen LogP contribution in [0, 0.1) is 6.92 Å². The summed E-state index contributed by atoms with van der Waals surface area (Å²) in [7, 11) is 0. The molecule has 0 bridgehead atoms. The number of anilines is 1. The van der Waals surface area contributed by atoms with Crippen LogP contribution < -0.4 is 9.88 Å². The second-order valence-corrected chi connectivity index (χ2v) is 7.82. The fraction of sp³-hybridized carbons (Fsp3) is 0.0909. The number of aryl methyl sites for hydroxylation is 1. The normalized spacial score (nSPS) is 12.3. The third kappa shape index (κ3) is 5.29. The Morgan fingerprint density at radius 3 is 2.07 bits per heavy atom. The highest BCUT2D eigenvalue weighted by Gasteiger charge is 2.43. The molecule has 1 N–H and O–H groups in total. The van der Waals surface area contributed by atoms with E-state index in [9.17, 15) is 18.0 Å². The van der Waals surface area contributed by atoms with Crippen LogP contribution in [0.5, 0.6) is 0 Å². The van der Waals surface area contributed by atoms with E-state index < -0.39 is 23.4 Å². The van der Waals surface area contributed by atoms with Gasteiger partial charge in [-0.05, 0) is 61.0 Å². The van der Waals surface area contributed by atoms with Gasteiger partial charge in [-0.25, -0.2) is 0 Å². The minimum Gasteiger partial charge on any atom is -0.346 e. The van der Waals surface area contributed by atoms with Crippen molar-refractivity contribution in [3.63, 3.8) is 0 Å². The maximum absolute atomic E-state index is 14.1. The molecule has 1 heterocycles. The Morgan fingerprint density at radius 1 is 0.967 bits per heavy atom. The van der Waals surface area contributed by atoms with Crippen molar-refractivity contribution in [1.82, 2.24) is 0 Å². The van der Waals surface area contributed by atoms with E-state index in [-0.39, 0.29) is 11.3 Å². The number of hydrogen-bond donors (Lipinski definition) is 1. The zero-order valence-electron chi connectivity index (χ0n) is 15.7. The number of aromatic nitrogens is 1. The molecule has 0 spiro atoms. The topological polar surface area (TPSA) is 33.0 Å². The smallest absolute Gasteiger partial charge is 0.346 e. The van der Waals surface area contributed by atoms with Crippen molar-refractivity contribution < 1.29 is 22.5 Å². The number of pyridine rings is 1. The van der Waals surface area contributed by atoms with Crippen molar-refractivity contribution in [3.8, 4) is 0 Å². The van der Waals surface area contributed by atoms with Crippen LogP contribution in [-0.4, -0.2) is 12.0 Å². The molecule has 3 nitrogen and oxygen atoms in total. The van der Waals surface area contributed by atoms with E-state index in [4.69, 9.17) is 11.6 Å². The molecule has 0 aliphatic rings. The Hall–Kier alpha value is -2.64. The number of ketones is 1. The molecule has 0 saturated carbocycles. The molecule has 0 unspecified atom stereocenters. The van der Waals surface area contributed by atoms with E-state index in [1.807, 2.05) is 0 Å². The van der Waals surface area contributed by atoms with Gasteiger partial charge in [0.2, 0.25) is 0 Å². The van der Waals surface area contributed by atoms with Gasteiger partial charge >= 0.3 is 6.18 Å². The molecule has 0 atom stereocenters. The Bertz CT molecular complexity index is 1080. The molecule has 30 heavy (non-hydrogen) atoms. The first-order valence-electron chi connectivity index (χ1n) is 8.78. The van der Waals surface area contributed by atoms with Gasteiger partial charge in [0.05, 0.1) is 0 Å². The van der Waals surface area contributed by atoms with Gasteiger partial charge in [0.1, 0.15) is 0 Å². The lowest BCUT2D eigenvalue weighted by Gasteiger charge is -2.16. The number of hydrogen-bond acceptors (Lipinski definition) is 2. The zero-order chi connectivity index (χ0) is 21.9. The molecule has 0 aliphatic heterocycles. The van der Waals surface area contributed by atoms with Gasteiger partial charge in [0.25, 0.3) is 11.5 Å². The van der Waals surface area contributed by atoms with Crippen molar-refractivity contribution in [2.45, 2.75) is 13.1 Å². The van der Waals surface area contributed by atoms with E-state index in [0.717, 1.165) is 5.56 Å². The van der Waals surface area contributed by atoms with Gasteiger partial charge in [-0.2, -0.15) is 17.7 Å². The summed E-state index contributed by atoms with van der Waals surface area (Å²) < 4.78 is 44.2. The average molecular weight is 497 g/mol. The predicted molar refractivity (Wildman–Crippen MR) is 114 cm³/mol. The standard InChI is InChI=1S/C22H15BrClF3N2O/c1-14-10-12-29(13-11-14)19(20(30)15-2-4-16(23)5-3-15)21(22(25,26)27)28-18-8-6-17(24)7-9-18/h2-13H,1H3/p+1. The predicted octanol–water partition coefficient (Wildman–Crippen LogP) is 6.42. The van der Waals surface area contributed by atoms with Crippen LogP contribution in [-0.2, 0) is 0 Å². The lowest BCUT2D eigenvalue weighted by Crippen LogP contribution is -2.40. The largest absolute Gasteiger partial charge is 0.438 e. The maximum atomic E-state index is 14.1. The summed E-state index contributed by atoms with van der Waals surface area (Å²) in [5.74, 6) is -0.773. The quantitative estimate of drug-likeness (QED) is 0.251. The Balaban J connectivity index is 2.22. The molecule has 3 rings (SSSR count). The average Bonchev–Trinajstić information content (AvgIpc) is 2.70. The summed E-state index contributed by atoms with van der Waals surface area (Å²) in [6.45, 7) is 1.81. The van der Waals surface area contributed by atoms with Crippen molar-refractivity contribution in [2.24, 2.45) is 0 Å². The summed E-state index contributed by atoms with van der Waals surface area (Å²) in [5, 5.41) is 2.75. The van der Waals surface area contributed by atoms with Crippen molar-refractivity contribution in [3.05, 3.63) is 99.4 Å². The van der Waals surface area contributed by atoms with Crippen LogP contribution in [0.25, 0.3) is 5.70 Å². The number of rotatable bonds is 5. The minimum atomic E-state index is -4.82.